The van der Waals surface area contributed by atoms with Crippen LogP contribution in [0.4, 0.5) is 0 Å². The average molecular weight is 218 g/mol. The topological polar surface area (TPSA) is 52.8 Å². The van der Waals surface area contributed by atoms with E-state index in [0.717, 1.165) is 46.1 Å². The zero-order valence-electron chi connectivity index (χ0n) is 8.85. The van der Waals surface area contributed by atoms with Crippen molar-refractivity contribution in [1.82, 2.24) is 0 Å². The second kappa shape index (κ2) is 6.40. The van der Waals surface area contributed by atoms with E-state index in [1.807, 2.05) is 0 Å². The van der Waals surface area contributed by atoms with Crippen LogP contribution in [-0.4, -0.2) is 58.6 Å². The van der Waals surface area contributed by atoms with E-state index in [-0.39, 0.29) is 0 Å². The lowest BCUT2D eigenvalue weighted by Crippen LogP contribution is -2.11. The van der Waals surface area contributed by atoms with Crippen molar-refractivity contribution in [1.29, 1.82) is 0 Å². The Balaban J connectivity index is 0.000000124. The zero-order valence-corrected chi connectivity index (χ0v) is 8.85. The summed E-state index contributed by atoms with van der Waals surface area (Å²) in [6, 6.07) is 0. The molecule has 88 valence electrons. The van der Waals surface area contributed by atoms with Gasteiger partial charge in [-0.2, -0.15) is 0 Å². The Morgan fingerprint density at radius 2 is 1.47 bits per heavy atom. The fourth-order valence-electron chi connectivity index (χ4n) is 1.10. The van der Waals surface area contributed by atoms with Crippen LogP contribution in [0, 0.1) is 0 Å². The average Bonchev–Trinajstić information content (AvgIpc) is 3.16. The van der Waals surface area contributed by atoms with Crippen LogP contribution in [0.15, 0.2) is 0 Å². The molecular formula is C10H18O5. The molecule has 0 aromatic heterocycles. The van der Waals surface area contributed by atoms with Crippen molar-refractivity contribution >= 4 is 0 Å². The molecule has 0 spiro atoms. The molecule has 0 aromatic rings. The largest absolute Gasteiger partial charge is 0.376 e. The van der Waals surface area contributed by atoms with Gasteiger partial charge in [-0.15, -0.1) is 0 Å². The first-order valence-corrected chi connectivity index (χ1v) is 5.41. The monoisotopic (exact) mass is 218 g/mol. The maximum absolute atomic E-state index is 5.23. The summed E-state index contributed by atoms with van der Waals surface area (Å²) in [4.78, 5) is 0. The number of hydrogen-bond acceptors (Lipinski definition) is 5. The summed E-state index contributed by atoms with van der Waals surface area (Å²) in [5.74, 6) is 0. The number of epoxide rings is 2. The maximum atomic E-state index is 5.23. The van der Waals surface area contributed by atoms with Crippen LogP contribution in [0.3, 0.4) is 0 Å². The van der Waals surface area contributed by atoms with Gasteiger partial charge in [0.2, 0.25) is 0 Å². The molecule has 3 saturated heterocycles. The van der Waals surface area contributed by atoms with Gasteiger partial charge in [-0.25, -0.2) is 0 Å². The molecule has 0 aliphatic carbocycles. The van der Waals surface area contributed by atoms with E-state index in [1.54, 1.807) is 0 Å². The SMILES string of the molecule is C(OCC1CO1)C1CO1.C1COCOC1. The lowest BCUT2D eigenvalue weighted by molar-refractivity contribution is -0.0963. The highest BCUT2D eigenvalue weighted by atomic mass is 16.7. The molecule has 0 amide bonds. The molecule has 2 atom stereocenters. The van der Waals surface area contributed by atoms with E-state index in [9.17, 15) is 0 Å². The van der Waals surface area contributed by atoms with E-state index < -0.39 is 0 Å². The van der Waals surface area contributed by atoms with E-state index >= 15 is 0 Å². The van der Waals surface area contributed by atoms with Gasteiger partial charge in [0.05, 0.1) is 39.6 Å². The van der Waals surface area contributed by atoms with Gasteiger partial charge in [-0.3, -0.25) is 0 Å². The van der Waals surface area contributed by atoms with Gasteiger partial charge in [0, 0.05) is 0 Å². The van der Waals surface area contributed by atoms with Crippen LogP contribution >= 0.6 is 0 Å². The molecule has 3 fully saturated rings. The predicted molar refractivity (Wildman–Crippen MR) is 51.7 cm³/mol. The highest BCUT2D eigenvalue weighted by Crippen LogP contribution is 2.12. The van der Waals surface area contributed by atoms with Crippen molar-refractivity contribution < 1.29 is 23.7 Å². The molecule has 5 nitrogen and oxygen atoms in total. The fraction of sp³-hybridized carbons (Fsp3) is 1.00. The van der Waals surface area contributed by atoms with E-state index in [4.69, 9.17) is 23.7 Å². The normalized spacial score (nSPS) is 32.8. The zero-order chi connectivity index (χ0) is 10.3. The van der Waals surface area contributed by atoms with Crippen molar-refractivity contribution in [2.75, 3.05) is 46.4 Å². The van der Waals surface area contributed by atoms with E-state index in [1.165, 1.54) is 0 Å². The molecule has 5 heteroatoms. The summed E-state index contributed by atoms with van der Waals surface area (Å²) in [5.41, 5.74) is 0. The fourth-order valence-corrected chi connectivity index (χ4v) is 1.10. The van der Waals surface area contributed by atoms with E-state index in [2.05, 4.69) is 0 Å². The Bertz CT molecular complexity index is 140. The molecule has 0 aromatic carbocycles. The standard InChI is InChI=1S/C6H10O3.C4H8O2/c1(5-3-8-5)7-2-6-4-9-6;1-2-5-4-6-3-1/h5-6H,1-4H2;1-4H2. The number of ether oxygens (including phenoxy) is 5. The van der Waals surface area contributed by atoms with Crippen molar-refractivity contribution in [2.45, 2.75) is 18.6 Å². The van der Waals surface area contributed by atoms with Crippen LogP contribution in [0.25, 0.3) is 0 Å². The lowest BCUT2D eigenvalue weighted by Gasteiger charge is -2.09. The molecular weight excluding hydrogens is 200 g/mol. The molecule has 0 bridgehead atoms. The quantitative estimate of drug-likeness (QED) is 0.630. The minimum atomic E-state index is 0.392. The first kappa shape index (κ1) is 11.3. The summed E-state index contributed by atoms with van der Waals surface area (Å²) >= 11 is 0. The van der Waals surface area contributed by atoms with Crippen LogP contribution in [0.2, 0.25) is 0 Å². The van der Waals surface area contributed by atoms with Gasteiger partial charge in [0.15, 0.2) is 0 Å². The summed E-state index contributed by atoms with van der Waals surface area (Å²) in [5, 5.41) is 0. The maximum Gasteiger partial charge on any atom is 0.146 e. The summed E-state index contributed by atoms with van der Waals surface area (Å²) < 4.78 is 24.8. The predicted octanol–water partition coefficient (Wildman–Crippen LogP) is 0.181. The molecule has 3 aliphatic heterocycles. The van der Waals surface area contributed by atoms with Crippen LogP contribution in [0.1, 0.15) is 6.42 Å². The van der Waals surface area contributed by atoms with Crippen LogP contribution in [-0.2, 0) is 23.7 Å². The smallest absolute Gasteiger partial charge is 0.146 e. The second-order valence-electron chi connectivity index (χ2n) is 3.74. The lowest BCUT2D eigenvalue weighted by atomic mass is 10.5. The van der Waals surface area contributed by atoms with Gasteiger partial charge in [-0.1, -0.05) is 0 Å². The summed E-state index contributed by atoms with van der Waals surface area (Å²) in [7, 11) is 0. The van der Waals surface area contributed by atoms with Crippen molar-refractivity contribution in [3.8, 4) is 0 Å². The van der Waals surface area contributed by atoms with Gasteiger partial charge in [0.25, 0.3) is 0 Å². The minimum Gasteiger partial charge on any atom is -0.376 e. The van der Waals surface area contributed by atoms with Crippen LogP contribution in [0.5, 0.6) is 0 Å². The Morgan fingerprint density at radius 1 is 0.933 bits per heavy atom. The molecule has 0 saturated carbocycles. The third-order valence-corrected chi connectivity index (χ3v) is 2.16. The van der Waals surface area contributed by atoms with E-state index in [0.29, 0.717) is 19.0 Å². The molecule has 0 N–H and O–H groups in total. The molecule has 15 heavy (non-hydrogen) atoms. The van der Waals surface area contributed by atoms with Crippen LogP contribution < -0.4 is 0 Å². The molecule has 3 heterocycles. The van der Waals surface area contributed by atoms with Gasteiger partial charge < -0.3 is 23.7 Å². The summed E-state index contributed by atoms with van der Waals surface area (Å²) in [6.07, 6.45) is 1.84. The summed E-state index contributed by atoms with van der Waals surface area (Å²) in [6.45, 7) is 5.51. The molecule has 3 aliphatic rings. The minimum absolute atomic E-state index is 0.392. The number of hydrogen-bond donors (Lipinski definition) is 0. The Hall–Kier alpha value is -0.200. The van der Waals surface area contributed by atoms with Crippen molar-refractivity contribution in [3.05, 3.63) is 0 Å². The third-order valence-electron chi connectivity index (χ3n) is 2.16. The third kappa shape index (κ3) is 6.06. The van der Waals surface area contributed by atoms with Gasteiger partial charge in [-0.05, 0) is 6.42 Å². The number of rotatable bonds is 4. The first-order valence-electron chi connectivity index (χ1n) is 5.41. The second-order valence-corrected chi connectivity index (χ2v) is 3.74. The Kier molecular flexibility index (Phi) is 4.82. The molecule has 3 rings (SSSR count). The molecule has 2 unspecified atom stereocenters. The highest BCUT2D eigenvalue weighted by Gasteiger charge is 2.26. The van der Waals surface area contributed by atoms with Crippen molar-refractivity contribution in [3.63, 3.8) is 0 Å². The van der Waals surface area contributed by atoms with Crippen molar-refractivity contribution in [2.24, 2.45) is 0 Å². The Labute approximate surface area is 89.6 Å². The molecule has 0 radical (unpaired) electrons. The van der Waals surface area contributed by atoms with Gasteiger partial charge >= 0.3 is 0 Å². The Morgan fingerprint density at radius 3 is 1.73 bits per heavy atom. The van der Waals surface area contributed by atoms with Gasteiger partial charge in [0.1, 0.15) is 19.0 Å². The highest BCUT2D eigenvalue weighted by molar-refractivity contribution is 4.71. The first-order chi connectivity index (χ1) is 7.45.